The number of pyridine rings is 1. The molecule has 28 heavy (non-hydrogen) atoms. The number of benzene rings is 1. The van der Waals surface area contributed by atoms with Crippen molar-refractivity contribution in [2.24, 2.45) is 5.92 Å². The Morgan fingerprint density at radius 3 is 2.86 bits per heavy atom. The summed E-state index contributed by atoms with van der Waals surface area (Å²) in [5.41, 5.74) is 0.528. The Balaban J connectivity index is 1.55. The van der Waals surface area contributed by atoms with Crippen LogP contribution in [0.1, 0.15) is 29.7 Å². The van der Waals surface area contributed by atoms with Crippen LogP contribution in [0.5, 0.6) is 5.75 Å². The van der Waals surface area contributed by atoms with Crippen molar-refractivity contribution in [3.63, 3.8) is 0 Å². The van der Waals surface area contributed by atoms with Gasteiger partial charge in [-0.1, -0.05) is 18.2 Å². The fraction of sp³-hybridized carbons (Fsp3) is 0.429. The van der Waals surface area contributed by atoms with Gasteiger partial charge < -0.3 is 9.64 Å². The first-order valence-corrected chi connectivity index (χ1v) is 9.30. The molecule has 4 nitrogen and oxygen atoms in total. The number of nitrogens with zero attached hydrogens (tertiary/aromatic N) is 2. The van der Waals surface area contributed by atoms with Gasteiger partial charge in [-0.15, -0.1) is 0 Å². The molecular weight excluding hydrogens is 369 g/mol. The minimum atomic E-state index is -4.40. The topological polar surface area (TPSA) is 42.4 Å². The van der Waals surface area contributed by atoms with E-state index >= 15 is 0 Å². The standard InChI is InChI=1S/C21H23F3N2O2/c1-15-10-19(7-8-25-15)28-14-17-5-3-9-26(13-17)20(27)12-16-4-2-6-18(11-16)21(22,23)24/h2,4,6-8,10-11,17H,3,5,9,12-14H2,1H3. The van der Waals surface area contributed by atoms with Crippen molar-refractivity contribution in [3.8, 4) is 5.75 Å². The third-order valence-electron chi connectivity index (χ3n) is 4.84. The van der Waals surface area contributed by atoms with E-state index in [0.29, 0.717) is 25.3 Å². The van der Waals surface area contributed by atoms with Crippen LogP contribution in [-0.4, -0.2) is 35.5 Å². The Morgan fingerprint density at radius 2 is 2.11 bits per heavy atom. The van der Waals surface area contributed by atoms with Crippen LogP contribution in [0.15, 0.2) is 42.6 Å². The van der Waals surface area contributed by atoms with Gasteiger partial charge in [0.1, 0.15) is 5.75 Å². The molecule has 1 aromatic carbocycles. The predicted molar refractivity (Wildman–Crippen MR) is 98.9 cm³/mol. The molecule has 2 aromatic rings. The van der Waals surface area contributed by atoms with Crippen molar-refractivity contribution in [2.75, 3.05) is 19.7 Å². The zero-order chi connectivity index (χ0) is 20.1. The maximum atomic E-state index is 12.8. The highest BCUT2D eigenvalue weighted by atomic mass is 19.4. The first kappa shape index (κ1) is 20.2. The molecule has 1 saturated heterocycles. The van der Waals surface area contributed by atoms with Crippen molar-refractivity contribution in [1.29, 1.82) is 0 Å². The van der Waals surface area contributed by atoms with E-state index in [1.807, 2.05) is 13.0 Å². The van der Waals surface area contributed by atoms with Crippen LogP contribution in [0.25, 0.3) is 0 Å². The molecule has 1 amide bonds. The lowest BCUT2D eigenvalue weighted by Gasteiger charge is -2.32. The van der Waals surface area contributed by atoms with Crippen LogP contribution in [-0.2, 0) is 17.4 Å². The molecule has 1 atom stereocenters. The van der Waals surface area contributed by atoms with Gasteiger partial charge >= 0.3 is 6.18 Å². The summed E-state index contributed by atoms with van der Waals surface area (Å²) in [4.78, 5) is 18.4. The number of hydrogen-bond donors (Lipinski definition) is 0. The summed E-state index contributed by atoms with van der Waals surface area (Å²) in [6.45, 7) is 3.57. The summed E-state index contributed by atoms with van der Waals surface area (Å²) in [5.74, 6) is 0.802. The van der Waals surface area contributed by atoms with Crippen LogP contribution in [0.4, 0.5) is 13.2 Å². The quantitative estimate of drug-likeness (QED) is 0.763. The lowest BCUT2D eigenvalue weighted by atomic mass is 9.98. The number of hydrogen-bond acceptors (Lipinski definition) is 3. The number of carbonyl (C=O) groups excluding carboxylic acids is 1. The molecule has 1 unspecified atom stereocenters. The molecule has 0 N–H and O–H groups in total. The first-order chi connectivity index (χ1) is 13.3. The van der Waals surface area contributed by atoms with Gasteiger partial charge in [0.05, 0.1) is 18.6 Å². The lowest BCUT2D eigenvalue weighted by Crippen LogP contribution is -2.42. The Morgan fingerprint density at radius 1 is 1.29 bits per heavy atom. The molecule has 1 aromatic heterocycles. The average Bonchev–Trinajstić information content (AvgIpc) is 2.66. The van der Waals surface area contributed by atoms with Gasteiger partial charge in [-0.3, -0.25) is 9.78 Å². The Hall–Kier alpha value is -2.57. The van der Waals surface area contributed by atoms with Crippen LogP contribution in [0.2, 0.25) is 0 Å². The molecule has 0 bridgehead atoms. The maximum absolute atomic E-state index is 12.8. The second-order valence-electron chi connectivity index (χ2n) is 7.17. The van der Waals surface area contributed by atoms with Gasteiger partial charge in [-0.05, 0) is 37.5 Å². The molecule has 0 spiro atoms. The van der Waals surface area contributed by atoms with Gasteiger partial charge in [0.25, 0.3) is 0 Å². The van der Waals surface area contributed by atoms with Gasteiger partial charge in [0, 0.05) is 37.0 Å². The second-order valence-corrected chi connectivity index (χ2v) is 7.17. The number of amides is 1. The molecule has 2 heterocycles. The normalized spacial score (nSPS) is 17.4. The predicted octanol–water partition coefficient (Wildman–Crippen LogP) is 4.27. The highest BCUT2D eigenvalue weighted by Crippen LogP contribution is 2.30. The van der Waals surface area contributed by atoms with Crippen LogP contribution in [0, 0.1) is 12.8 Å². The molecule has 0 aliphatic carbocycles. The molecular formula is C21H23F3N2O2. The van der Waals surface area contributed by atoms with Crippen LogP contribution < -0.4 is 4.74 Å². The number of rotatable bonds is 5. The van der Waals surface area contributed by atoms with Crippen molar-refractivity contribution in [1.82, 2.24) is 9.88 Å². The second kappa shape index (κ2) is 8.63. The zero-order valence-corrected chi connectivity index (χ0v) is 15.7. The van der Waals surface area contributed by atoms with E-state index in [2.05, 4.69) is 4.98 Å². The molecule has 7 heteroatoms. The first-order valence-electron chi connectivity index (χ1n) is 9.30. The Kier molecular flexibility index (Phi) is 6.21. The highest BCUT2D eigenvalue weighted by molar-refractivity contribution is 5.79. The highest BCUT2D eigenvalue weighted by Gasteiger charge is 2.31. The van der Waals surface area contributed by atoms with Crippen molar-refractivity contribution in [2.45, 2.75) is 32.4 Å². The van der Waals surface area contributed by atoms with Gasteiger partial charge in [-0.25, -0.2) is 0 Å². The number of piperidine rings is 1. The summed E-state index contributed by atoms with van der Waals surface area (Å²) < 4.78 is 44.4. The van der Waals surface area contributed by atoms with Crippen molar-refractivity contribution >= 4 is 5.91 Å². The summed E-state index contributed by atoms with van der Waals surface area (Å²) >= 11 is 0. The number of alkyl halides is 3. The van der Waals surface area contributed by atoms with Gasteiger partial charge in [0.2, 0.25) is 5.91 Å². The Bertz CT molecular complexity index is 823. The van der Waals surface area contributed by atoms with Gasteiger partial charge in [0.15, 0.2) is 0 Å². The smallest absolute Gasteiger partial charge is 0.416 e. The molecule has 1 aliphatic heterocycles. The summed E-state index contributed by atoms with van der Waals surface area (Å²) in [5, 5.41) is 0. The molecule has 150 valence electrons. The SMILES string of the molecule is Cc1cc(OCC2CCCN(C(=O)Cc3cccc(C(F)(F)F)c3)C2)ccn1. The van der Waals surface area contributed by atoms with E-state index in [1.54, 1.807) is 23.2 Å². The minimum Gasteiger partial charge on any atom is -0.493 e. The molecule has 0 saturated carbocycles. The Labute approximate surface area is 162 Å². The monoisotopic (exact) mass is 392 g/mol. The van der Waals surface area contributed by atoms with E-state index in [-0.39, 0.29) is 18.2 Å². The van der Waals surface area contributed by atoms with E-state index in [9.17, 15) is 18.0 Å². The fourth-order valence-corrected chi connectivity index (χ4v) is 3.40. The number of likely N-dealkylation sites (tertiary alicyclic amines) is 1. The number of carbonyl (C=O) groups is 1. The van der Waals surface area contributed by atoms with E-state index in [4.69, 9.17) is 4.74 Å². The zero-order valence-electron chi connectivity index (χ0n) is 15.7. The summed E-state index contributed by atoms with van der Waals surface area (Å²) in [6.07, 6.45) is -0.926. The number of aromatic nitrogens is 1. The van der Waals surface area contributed by atoms with Gasteiger partial charge in [-0.2, -0.15) is 13.2 Å². The lowest BCUT2D eigenvalue weighted by molar-refractivity contribution is -0.138. The number of aryl methyl sites for hydroxylation is 1. The maximum Gasteiger partial charge on any atom is 0.416 e. The van der Waals surface area contributed by atoms with E-state index < -0.39 is 11.7 Å². The fourth-order valence-electron chi connectivity index (χ4n) is 3.40. The minimum absolute atomic E-state index is 0.0267. The average molecular weight is 392 g/mol. The third kappa shape index (κ3) is 5.47. The third-order valence-corrected chi connectivity index (χ3v) is 4.84. The molecule has 1 aliphatic rings. The number of ether oxygens (including phenoxy) is 1. The van der Waals surface area contributed by atoms with E-state index in [1.165, 1.54) is 6.07 Å². The number of halogens is 3. The van der Waals surface area contributed by atoms with Crippen molar-refractivity contribution < 1.29 is 22.7 Å². The summed E-state index contributed by atoms with van der Waals surface area (Å²) in [7, 11) is 0. The molecule has 3 rings (SSSR count). The largest absolute Gasteiger partial charge is 0.493 e. The van der Waals surface area contributed by atoms with E-state index in [0.717, 1.165) is 36.4 Å². The molecule has 1 fully saturated rings. The van der Waals surface area contributed by atoms with Crippen LogP contribution in [0.3, 0.4) is 0 Å². The summed E-state index contributed by atoms with van der Waals surface area (Å²) in [6, 6.07) is 8.63. The molecule has 0 radical (unpaired) electrons. The van der Waals surface area contributed by atoms with Crippen LogP contribution >= 0.6 is 0 Å². The van der Waals surface area contributed by atoms with Crippen molar-refractivity contribution in [3.05, 3.63) is 59.4 Å².